The smallest absolute Gasteiger partial charge is 0.305 e. The summed E-state index contributed by atoms with van der Waals surface area (Å²) >= 11 is 0. The summed E-state index contributed by atoms with van der Waals surface area (Å²) in [6.07, 6.45) is 7.31. The van der Waals surface area contributed by atoms with Crippen LogP contribution in [0.4, 0.5) is 0 Å². The van der Waals surface area contributed by atoms with Crippen molar-refractivity contribution >= 4 is 12.3 Å². The zero-order valence-corrected chi connectivity index (χ0v) is 8.96. The monoisotopic (exact) mass is 200 g/mol. The van der Waals surface area contributed by atoms with Crippen LogP contribution in [0.15, 0.2) is 0 Å². The van der Waals surface area contributed by atoms with E-state index >= 15 is 0 Å². The topological polar surface area (TPSA) is 43.4 Å². The van der Waals surface area contributed by atoms with Crippen LogP contribution in [0, 0.1) is 0 Å². The van der Waals surface area contributed by atoms with Crippen molar-refractivity contribution in [2.75, 3.05) is 6.61 Å². The molecule has 0 aliphatic rings. The summed E-state index contributed by atoms with van der Waals surface area (Å²) in [5.41, 5.74) is 0. The van der Waals surface area contributed by atoms with Crippen LogP contribution in [-0.4, -0.2) is 18.9 Å². The Hall–Kier alpha value is -0.860. The summed E-state index contributed by atoms with van der Waals surface area (Å²) in [7, 11) is 0. The molecular formula is C11H20O3. The largest absolute Gasteiger partial charge is 0.466 e. The standard InChI is InChI=1S/C11H20O3/c1-2-11(13)14-10-8-6-4-3-5-7-9-12/h9H,2-8,10H2,1H3. The number of hydrogen-bond donors (Lipinski definition) is 0. The number of unbranched alkanes of at least 4 members (excludes halogenated alkanes) is 5. The second-order valence-electron chi connectivity index (χ2n) is 3.30. The van der Waals surface area contributed by atoms with Gasteiger partial charge in [-0.1, -0.05) is 26.2 Å². The van der Waals surface area contributed by atoms with Gasteiger partial charge < -0.3 is 9.53 Å². The van der Waals surface area contributed by atoms with Gasteiger partial charge in [0.1, 0.15) is 6.29 Å². The molecule has 0 fully saturated rings. The van der Waals surface area contributed by atoms with E-state index in [4.69, 9.17) is 4.74 Å². The van der Waals surface area contributed by atoms with Gasteiger partial charge in [0.15, 0.2) is 0 Å². The number of hydrogen-bond acceptors (Lipinski definition) is 3. The van der Waals surface area contributed by atoms with Crippen molar-refractivity contribution in [2.24, 2.45) is 0 Å². The fourth-order valence-corrected chi connectivity index (χ4v) is 1.15. The third-order valence-electron chi connectivity index (χ3n) is 2.02. The molecule has 0 amide bonds. The lowest BCUT2D eigenvalue weighted by molar-refractivity contribution is -0.143. The van der Waals surface area contributed by atoms with Gasteiger partial charge in [0.25, 0.3) is 0 Å². The van der Waals surface area contributed by atoms with E-state index in [2.05, 4.69) is 0 Å². The number of rotatable bonds is 9. The Morgan fingerprint density at radius 3 is 2.43 bits per heavy atom. The van der Waals surface area contributed by atoms with Crippen molar-refractivity contribution in [3.05, 3.63) is 0 Å². The second kappa shape index (κ2) is 10.2. The van der Waals surface area contributed by atoms with Gasteiger partial charge in [-0.25, -0.2) is 0 Å². The predicted molar refractivity (Wildman–Crippen MR) is 55.0 cm³/mol. The summed E-state index contributed by atoms with van der Waals surface area (Å²) < 4.78 is 4.92. The number of carbonyl (C=O) groups is 2. The maximum absolute atomic E-state index is 10.7. The minimum atomic E-state index is -0.119. The molecule has 3 nitrogen and oxygen atoms in total. The number of aldehydes is 1. The Kier molecular flexibility index (Phi) is 9.59. The maximum Gasteiger partial charge on any atom is 0.305 e. The maximum atomic E-state index is 10.7. The molecule has 0 aromatic rings. The molecule has 0 aromatic carbocycles. The van der Waals surface area contributed by atoms with Gasteiger partial charge >= 0.3 is 5.97 Å². The van der Waals surface area contributed by atoms with Gasteiger partial charge in [0.2, 0.25) is 0 Å². The Bertz CT molecular complexity index is 155. The third-order valence-corrected chi connectivity index (χ3v) is 2.02. The quantitative estimate of drug-likeness (QED) is 0.326. The predicted octanol–water partition coefficient (Wildman–Crippen LogP) is 2.48. The zero-order chi connectivity index (χ0) is 10.6. The van der Waals surface area contributed by atoms with Crippen molar-refractivity contribution in [1.82, 2.24) is 0 Å². The number of carbonyl (C=O) groups excluding carboxylic acids is 2. The van der Waals surface area contributed by atoms with Crippen molar-refractivity contribution in [2.45, 2.75) is 51.9 Å². The van der Waals surface area contributed by atoms with Crippen LogP contribution in [-0.2, 0) is 14.3 Å². The highest BCUT2D eigenvalue weighted by atomic mass is 16.5. The van der Waals surface area contributed by atoms with Crippen LogP contribution in [0.2, 0.25) is 0 Å². The second-order valence-corrected chi connectivity index (χ2v) is 3.30. The van der Waals surface area contributed by atoms with Crippen LogP contribution in [0.5, 0.6) is 0 Å². The average molecular weight is 200 g/mol. The average Bonchev–Trinajstić information content (AvgIpc) is 2.21. The fourth-order valence-electron chi connectivity index (χ4n) is 1.15. The van der Waals surface area contributed by atoms with Crippen molar-refractivity contribution < 1.29 is 14.3 Å². The highest BCUT2D eigenvalue weighted by molar-refractivity contribution is 5.68. The minimum Gasteiger partial charge on any atom is -0.466 e. The van der Waals surface area contributed by atoms with E-state index in [1.54, 1.807) is 6.92 Å². The molecule has 0 rings (SSSR count). The Morgan fingerprint density at radius 2 is 1.79 bits per heavy atom. The molecule has 0 unspecified atom stereocenters. The first-order chi connectivity index (χ1) is 6.81. The zero-order valence-electron chi connectivity index (χ0n) is 8.96. The lowest BCUT2D eigenvalue weighted by atomic mass is 10.1. The van der Waals surface area contributed by atoms with E-state index in [1.807, 2.05) is 0 Å². The van der Waals surface area contributed by atoms with E-state index in [-0.39, 0.29) is 5.97 Å². The van der Waals surface area contributed by atoms with Gasteiger partial charge in [-0.05, 0) is 12.8 Å². The van der Waals surface area contributed by atoms with E-state index in [9.17, 15) is 9.59 Å². The molecule has 0 heterocycles. The number of ether oxygens (including phenoxy) is 1. The summed E-state index contributed by atoms with van der Waals surface area (Å²) in [6, 6.07) is 0. The van der Waals surface area contributed by atoms with Crippen LogP contribution in [0.3, 0.4) is 0 Å². The lowest BCUT2D eigenvalue weighted by Crippen LogP contribution is -2.03. The molecule has 3 heteroatoms. The Balaban J connectivity index is 2.98. The molecular weight excluding hydrogens is 180 g/mol. The first-order valence-corrected chi connectivity index (χ1v) is 5.40. The molecule has 0 spiro atoms. The summed E-state index contributed by atoms with van der Waals surface area (Å²) in [6.45, 7) is 2.34. The number of esters is 1. The van der Waals surface area contributed by atoms with Gasteiger partial charge in [-0.2, -0.15) is 0 Å². The first kappa shape index (κ1) is 13.1. The van der Waals surface area contributed by atoms with E-state index in [1.165, 1.54) is 0 Å². The molecule has 0 aliphatic carbocycles. The Morgan fingerprint density at radius 1 is 1.14 bits per heavy atom. The van der Waals surface area contributed by atoms with Crippen LogP contribution >= 0.6 is 0 Å². The highest BCUT2D eigenvalue weighted by Gasteiger charge is 1.96. The molecule has 82 valence electrons. The van der Waals surface area contributed by atoms with Crippen molar-refractivity contribution in [1.29, 1.82) is 0 Å². The normalized spacial score (nSPS) is 9.79. The van der Waals surface area contributed by atoms with Crippen LogP contribution in [0.1, 0.15) is 51.9 Å². The molecule has 14 heavy (non-hydrogen) atoms. The van der Waals surface area contributed by atoms with Gasteiger partial charge in [0, 0.05) is 12.8 Å². The summed E-state index contributed by atoms with van der Waals surface area (Å²) in [5.74, 6) is -0.119. The molecule has 0 aliphatic heterocycles. The van der Waals surface area contributed by atoms with Crippen molar-refractivity contribution in [3.8, 4) is 0 Å². The lowest BCUT2D eigenvalue weighted by Gasteiger charge is -2.02. The third kappa shape index (κ3) is 9.23. The van der Waals surface area contributed by atoms with Crippen molar-refractivity contribution in [3.63, 3.8) is 0 Å². The van der Waals surface area contributed by atoms with Gasteiger partial charge in [0.05, 0.1) is 6.61 Å². The molecule has 0 aromatic heterocycles. The fraction of sp³-hybridized carbons (Fsp3) is 0.818. The van der Waals surface area contributed by atoms with Crippen LogP contribution in [0.25, 0.3) is 0 Å². The SMILES string of the molecule is CCC(=O)OCCCCCCCC=O. The molecule has 0 radical (unpaired) electrons. The van der Waals surface area contributed by atoms with Crippen LogP contribution < -0.4 is 0 Å². The summed E-state index contributed by atoms with van der Waals surface area (Å²) in [4.78, 5) is 20.7. The van der Waals surface area contributed by atoms with E-state index in [0.29, 0.717) is 19.4 Å². The van der Waals surface area contributed by atoms with E-state index in [0.717, 1.165) is 38.4 Å². The van der Waals surface area contributed by atoms with Gasteiger partial charge in [-0.15, -0.1) is 0 Å². The highest BCUT2D eigenvalue weighted by Crippen LogP contribution is 2.04. The van der Waals surface area contributed by atoms with E-state index < -0.39 is 0 Å². The summed E-state index contributed by atoms with van der Waals surface area (Å²) in [5, 5.41) is 0. The first-order valence-electron chi connectivity index (χ1n) is 5.40. The molecule has 0 saturated heterocycles. The van der Waals surface area contributed by atoms with Gasteiger partial charge in [-0.3, -0.25) is 4.79 Å². The molecule has 0 N–H and O–H groups in total. The molecule has 0 saturated carbocycles. The minimum absolute atomic E-state index is 0.119. The Labute approximate surface area is 85.8 Å². The molecule has 0 atom stereocenters. The molecule has 0 bridgehead atoms.